The summed E-state index contributed by atoms with van der Waals surface area (Å²) in [4.78, 5) is 0. The van der Waals surface area contributed by atoms with Crippen molar-refractivity contribution < 1.29 is 8.85 Å². The van der Waals surface area contributed by atoms with Crippen LogP contribution in [-0.4, -0.2) is 47.8 Å². The van der Waals surface area contributed by atoms with Crippen molar-refractivity contribution in [2.24, 2.45) is 0 Å². The minimum Gasteiger partial charge on any atom is -0.419 e. The van der Waals surface area contributed by atoms with Crippen LogP contribution in [0.2, 0.25) is 25.7 Å². The summed E-state index contributed by atoms with van der Waals surface area (Å²) in [6.07, 6.45) is 2.43. The molecule has 90 valence electrons. The van der Waals surface area contributed by atoms with Crippen LogP contribution in [0.15, 0.2) is 0 Å². The van der Waals surface area contributed by atoms with E-state index in [1.807, 2.05) is 7.11 Å². The normalized spacial score (nSPS) is 28.6. The maximum Gasteiger partial charge on any atom is 0.268 e. The summed E-state index contributed by atoms with van der Waals surface area (Å²) < 4.78 is 14.3. The fourth-order valence-electron chi connectivity index (χ4n) is 2.24. The molecule has 1 saturated heterocycles. The molecule has 0 spiro atoms. The summed E-state index contributed by atoms with van der Waals surface area (Å²) >= 11 is 0. The quantitative estimate of drug-likeness (QED) is 0.695. The van der Waals surface area contributed by atoms with Crippen LogP contribution in [0.3, 0.4) is 0 Å². The highest BCUT2D eigenvalue weighted by atomic mass is 28.4. The van der Waals surface area contributed by atoms with E-state index in [2.05, 4.69) is 31.1 Å². The lowest BCUT2D eigenvalue weighted by molar-refractivity contribution is 0.274. The number of nitrogens with zero attached hydrogens (tertiary/aromatic N) is 1. The first-order valence-corrected chi connectivity index (χ1v) is 11.6. The Hall–Kier alpha value is 0.314. The summed E-state index contributed by atoms with van der Waals surface area (Å²) in [6.45, 7) is 11.1. The number of hydrogen-bond acceptors (Lipinski definition) is 3. The second-order valence-corrected chi connectivity index (χ2v) is 13.1. The Balaban J connectivity index is 2.60. The first-order chi connectivity index (χ1) is 6.93. The molecule has 1 unspecified atom stereocenters. The molecule has 0 aromatic rings. The molecule has 0 saturated carbocycles. The third-order valence-corrected chi connectivity index (χ3v) is 9.79. The fourth-order valence-corrected chi connectivity index (χ4v) is 8.63. The third kappa shape index (κ3) is 3.39. The summed E-state index contributed by atoms with van der Waals surface area (Å²) in [5.74, 6) is 0. The Morgan fingerprint density at radius 2 is 2.07 bits per heavy atom. The molecule has 1 aliphatic heterocycles. The van der Waals surface area contributed by atoms with E-state index in [1.54, 1.807) is 0 Å². The van der Waals surface area contributed by atoms with E-state index in [0.29, 0.717) is 0 Å². The lowest BCUT2D eigenvalue weighted by atomic mass is 10.5. The van der Waals surface area contributed by atoms with Crippen LogP contribution in [0.25, 0.3) is 0 Å². The van der Waals surface area contributed by atoms with Crippen LogP contribution < -0.4 is 0 Å². The molecule has 3 nitrogen and oxygen atoms in total. The molecule has 0 radical (unpaired) electrons. The highest BCUT2D eigenvalue weighted by Gasteiger charge is 2.43. The summed E-state index contributed by atoms with van der Waals surface area (Å²) in [5, 5.41) is 0. The second kappa shape index (κ2) is 5.10. The molecule has 0 aromatic heterocycles. The smallest absolute Gasteiger partial charge is 0.268 e. The van der Waals surface area contributed by atoms with Crippen molar-refractivity contribution in [3.63, 3.8) is 0 Å². The van der Waals surface area contributed by atoms with Crippen LogP contribution >= 0.6 is 0 Å². The van der Waals surface area contributed by atoms with Crippen molar-refractivity contribution in [1.29, 1.82) is 0 Å². The van der Waals surface area contributed by atoms with Gasteiger partial charge in [0, 0.05) is 19.9 Å². The molecule has 5 heteroatoms. The average molecular weight is 247 g/mol. The van der Waals surface area contributed by atoms with E-state index in [-0.39, 0.29) is 0 Å². The SMILES string of the molecule is CCO[Si]1(C)CCCN1C[Si](C)(C)OC. The van der Waals surface area contributed by atoms with Gasteiger partial charge in [0.25, 0.3) is 8.48 Å². The molecular formula is C10H25NO2Si2. The van der Waals surface area contributed by atoms with Crippen LogP contribution in [0.5, 0.6) is 0 Å². The van der Waals surface area contributed by atoms with Gasteiger partial charge in [-0.15, -0.1) is 0 Å². The second-order valence-electron chi connectivity index (χ2n) is 5.10. The van der Waals surface area contributed by atoms with Gasteiger partial charge in [0.2, 0.25) is 0 Å². The van der Waals surface area contributed by atoms with Crippen molar-refractivity contribution in [2.75, 3.05) is 26.4 Å². The van der Waals surface area contributed by atoms with Gasteiger partial charge in [-0.25, -0.2) is 0 Å². The Labute approximate surface area is 96.1 Å². The Kier molecular flexibility index (Phi) is 4.55. The highest BCUT2D eigenvalue weighted by Crippen LogP contribution is 2.28. The molecule has 1 rings (SSSR count). The Bertz CT molecular complexity index is 214. The van der Waals surface area contributed by atoms with E-state index in [4.69, 9.17) is 8.85 Å². The van der Waals surface area contributed by atoms with Crippen molar-refractivity contribution in [3.05, 3.63) is 0 Å². The van der Waals surface area contributed by atoms with Gasteiger partial charge < -0.3 is 13.4 Å². The minimum atomic E-state index is -1.55. The number of rotatable bonds is 5. The average Bonchev–Trinajstić information content (AvgIpc) is 2.48. The van der Waals surface area contributed by atoms with Crippen molar-refractivity contribution in [2.45, 2.75) is 39.0 Å². The van der Waals surface area contributed by atoms with E-state index in [9.17, 15) is 0 Å². The third-order valence-electron chi connectivity index (χ3n) is 3.32. The molecule has 1 atom stereocenters. The summed E-state index contributed by atoms with van der Waals surface area (Å²) in [7, 11) is -1.18. The maximum atomic E-state index is 6.02. The zero-order valence-corrected chi connectivity index (χ0v) is 12.8. The predicted molar refractivity (Wildman–Crippen MR) is 68.7 cm³/mol. The molecule has 1 heterocycles. The molecule has 0 amide bonds. The Morgan fingerprint density at radius 3 is 2.60 bits per heavy atom. The molecule has 0 N–H and O–H groups in total. The van der Waals surface area contributed by atoms with Gasteiger partial charge in [0.15, 0.2) is 8.32 Å². The Morgan fingerprint density at radius 1 is 1.40 bits per heavy atom. The largest absolute Gasteiger partial charge is 0.419 e. The molecule has 0 aromatic carbocycles. The zero-order valence-electron chi connectivity index (χ0n) is 10.8. The summed E-state index contributed by atoms with van der Waals surface area (Å²) in [6, 6.07) is 1.29. The van der Waals surface area contributed by atoms with Gasteiger partial charge in [-0.3, -0.25) is 0 Å². The van der Waals surface area contributed by atoms with E-state index < -0.39 is 16.8 Å². The molecule has 1 fully saturated rings. The van der Waals surface area contributed by atoms with E-state index in [1.165, 1.54) is 19.0 Å². The molecule has 0 bridgehead atoms. The fraction of sp³-hybridized carbons (Fsp3) is 1.00. The minimum absolute atomic E-state index is 0.855. The standard InChI is InChI=1S/C10H25NO2Si2/c1-6-13-15(5)9-7-8-11(15)10-14(3,4)12-2/h6-10H2,1-5H3. The van der Waals surface area contributed by atoms with Gasteiger partial charge in [-0.2, -0.15) is 0 Å². The zero-order chi connectivity index (χ0) is 11.5. The molecule has 1 aliphatic rings. The lowest BCUT2D eigenvalue weighted by Crippen LogP contribution is -2.55. The van der Waals surface area contributed by atoms with E-state index >= 15 is 0 Å². The maximum absolute atomic E-state index is 6.02. The highest BCUT2D eigenvalue weighted by molar-refractivity contribution is 6.75. The first kappa shape index (κ1) is 13.4. The molecule has 0 aliphatic carbocycles. The molecule has 15 heavy (non-hydrogen) atoms. The van der Waals surface area contributed by atoms with Crippen LogP contribution in [0, 0.1) is 0 Å². The monoisotopic (exact) mass is 247 g/mol. The van der Waals surface area contributed by atoms with Crippen molar-refractivity contribution >= 4 is 16.8 Å². The van der Waals surface area contributed by atoms with Crippen LogP contribution in [-0.2, 0) is 8.85 Å². The lowest BCUT2D eigenvalue weighted by Gasteiger charge is -2.36. The van der Waals surface area contributed by atoms with Gasteiger partial charge >= 0.3 is 0 Å². The van der Waals surface area contributed by atoms with Gasteiger partial charge in [-0.1, -0.05) is 0 Å². The van der Waals surface area contributed by atoms with Crippen LogP contribution in [0.4, 0.5) is 0 Å². The molecular weight excluding hydrogens is 222 g/mol. The van der Waals surface area contributed by atoms with Gasteiger partial charge in [-0.05, 0) is 45.6 Å². The van der Waals surface area contributed by atoms with Crippen molar-refractivity contribution in [1.82, 2.24) is 4.57 Å². The van der Waals surface area contributed by atoms with Crippen molar-refractivity contribution in [3.8, 4) is 0 Å². The van der Waals surface area contributed by atoms with E-state index in [0.717, 1.165) is 12.8 Å². The van der Waals surface area contributed by atoms with Gasteiger partial charge in [0.05, 0.1) is 0 Å². The van der Waals surface area contributed by atoms with Gasteiger partial charge in [0.1, 0.15) is 0 Å². The summed E-state index contributed by atoms with van der Waals surface area (Å²) in [5.41, 5.74) is 0. The number of hydrogen-bond donors (Lipinski definition) is 0. The van der Waals surface area contributed by atoms with Crippen LogP contribution in [0.1, 0.15) is 13.3 Å². The topological polar surface area (TPSA) is 21.7 Å². The first-order valence-electron chi connectivity index (χ1n) is 5.88. The predicted octanol–water partition coefficient (Wildman–Crippen LogP) is 2.19.